The van der Waals surface area contributed by atoms with Crippen molar-refractivity contribution in [1.82, 2.24) is 4.90 Å². The summed E-state index contributed by atoms with van der Waals surface area (Å²) in [6.07, 6.45) is -0.990. The summed E-state index contributed by atoms with van der Waals surface area (Å²) in [6.45, 7) is 2.32. The zero-order valence-corrected chi connectivity index (χ0v) is 15.9. The van der Waals surface area contributed by atoms with Gasteiger partial charge in [-0.25, -0.2) is 0 Å². The van der Waals surface area contributed by atoms with E-state index in [9.17, 15) is 30.3 Å². The second kappa shape index (κ2) is 7.04. The first kappa shape index (κ1) is 19.2. The van der Waals surface area contributed by atoms with Crippen LogP contribution < -0.4 is 4.74 Å². The molecule has 0 bridgehead atoms. The number of ether oxygens (including phenoxy) is 1. The monoisotopic (exact) mass is 401 g/mol. The van der Waals surface area contributed by atoms with E-state index in [1.165, 1.54) is 24.3 Å². The zero-order valence-electron chi connectivity index (χ0n) is 15.9. The number of nitrogens with zero attached hydrogens (tertiary/aromatic N) is 1. The van der Waals surface area contributed by atoms with Crippen molar-refractivity contribution in [2.75, 3.05) is 6.54 Å². The van der Waals surface area contributed by atoms with Crippen LogP contribution in [0.5, 0.6) is 28.7 Å². The number of aliphatic hydroxyl groups is 1. The Balaban J connectivity index is 1.81. The predicted octanol–water partition coefficient (Wildman–Crippen LogP) is 2.23. The van der Waals surface area contributed by atoms with Gasteiger partial charge in [-0.15, -0.1) is 0 Å². The highest BCUT2D eigenvalue weighted by Crippen LogP contribution is 2.51. The van der Waals surface area contributed by atoms with Gasteiger partial charge in [0.15, 0.2) is 11.5 Å². The third-order valence-corrected chi connectivity index (χ3v) is 5.71. The Morgan fingerprint density at radius 3 is 2.52 bits per heavy atom. The van der Waals surface area contributed by atoms with Gasteiger partial charge in [0, 0.05) is 31.0 Å². The minimum absolute atomic E-state index is 0.0189. The van der Waals surface area contributed by atoms with Crippen molar-refractivity contribution in [2.45, 2.75) is 44.4 Å². The molecule has 1 saturated heterocycles. The molecule has 2 aliphatic heterocycles. The molecule has 8 nitrogen and oxygen atoms in total. The molecule has 1 amide bonds. The molecule has 29 heavy (non-hydrogen) atoms. The summed E-state index contributed by atoms with van der Waals surface area (Å²) in [5.74, 6) is -0.791. The van der Waals surface area contributed by atoms with Crippen molar-refractivity contribution in [3.8, 4) is 28.7 Å². The normalized spacial score (nSPS) is 23.7. The number of carbonyl (C=O) groups excluding carboxylic acids is 1. The quantitative estimate of drug-likeness (QED) is 0.499. The predicted molar refractivity (Wildman–Crippen MR) is 102 cm³/mol. The molecule has 0 radical (unpaired) electrons. The van der Waals surface area contributed by atoms with E-state index in [0.717, 1.165) is 0 Å². The highest BCUT2D eigenvalue weighted by Gasteiger charge is 2.40. The lowest BCUT2D eigenvalue weighted by Gasteiger charge is -2.35. The van der Waals surface area contributed by atoms with Crippen molar-refractivity contribution < 1.29 is 35.1 Å². The molecule has 2 aliphatic rings. The maximum atomic E-state index is 12.2. The molecule has 0 saturated carbocycles. The molecule has 0 spiro atoms. The lowest BCUT2D eigenvalue weighted by Crippen LogP contribution is -2.32. The first-order chi connectivity index (χ1) is 13.8. The van der Waals surface area contributed by atoms with Crippen molar-refractivity contribution in [2.24, 2.45) is 0 Å². The number of rotatable bonds is 3. The van der Waals surface area contributed by atoms with Gasteiger partial charge in [-0.3, -0.25) is 4.79 Å². The van der Waals surface area contributed by atoms with Crippen LogP contribution in [0.2, 0.25) is 0 Å². The second-order valence-electron chi connectivity index (χ2n) is 7.43. The molecule has 2 aromatic carbocycles. The number of hydrogen-bond acceptors (Lipinski definition) is 7. The van der Waals surface area contributed by atoms with Crippen molar-refractivity contribution >= 4 is 5.91 Å². The highest BCUT2D eigenvalue weighted by atomic mass is 16.5. The minimum atomic E-state index is -1.03. The third-order valence-electron chi connectivity index (χ3n) is 5.71. The van der Waals surface area contributed by atoms with E-state index in [0.29, 0.717) is 36.1 Å². The van der Waals surface area contributed by atoms with Crippen LogP contribution in [-0.4, -0.2) is 49.0 Å². The van der Waals surface area contributed by atoms with E-state index >= 15 is 0 Å². The van der Waals surface area contributed by atoms with Gasteiger partial charge in [0.1, 0.15) is 23.4 Å². The van der Waals surface area contributed by atoms with Crippen LogP contribution in [0.3, 0.4) is 0 Å². The van der Waals surface area contributed by atoms with E-state index in [1.54, 1.807) is 4.90 Å². The molecule has 1 fully saturated rings. The van der Waals surface area contributed by atoms with E-state index in [-0.39, 0.29) is 41.1 Å². The number of carbonyl (C=O) groups is 1. The minimum Gasteiger partial charge on any atom is -0.507 e. The Morgan fingerprint density at radius 2 is 1.83 bits per heavy atom. The van der Waals surface area contributed by atoms with Crippen LogP contribution in [0.1, 0.15) is 48.6 Å². The fraction of sp³-hybridized carbons (Fsp3) is 0.381. The van der Waals surface area contributed by atoms with Crippen molar-refractivity contribution in [1.29, 1.82) is 0 Å². The lowest BCUT2D eigenvalue weighted by atomic mass is 9.89. The van der Waals surface area contributed by atoms with Crippen molar-refractivity contribution in [3.05, 3.63) is 41.0 Å². The standard InChI is InChI=1S/C21H23NO7/c1-2-22-12(4-6-18(22)28)19-16(26)9-14(24)11-8-17(27)20(29-21(11)19)10-3-5-13(23)15(25)7-10/h3,5,7,9,12,17,20,23-27H,2,4,6,8H2,1H3/t12-,17-,20+/m0/s1. The molecule has 154 valence electrons. The first-order valence-electron chi connectivity index (χ1n) is 9.55. The molecule has 4 rings (SSSR count). The van der Waals surface area contributed by atoms with Crippen molar-refractivity contribution in [3.63, 3.8) is 0 Å². The zero-order chi connectivity index (χ0) is 20.9. The number of phenolic OH excluding ortho intramolecular Hbond substituents is 4. The Bertz CT molecular complexity index is 974. The molecule has 8 heteroatoms. The fourth-order valence-electron chi connectivity index (χ4n) is 4.30. The van der Waals surface area contributed by atoms with Crippen LogP contribution in [-0.2, 0) is 11.2 Å². The average Bonchev–Trinajstić information content (AvgIpc) is 3.04. The summed E-state index contributed by atoms with van der Waals surface area (Å²) in [5.41, 5.74) is 1.20. The summed E-state index contributed by atoms with van der Waals surface area (Å²) in [6, 6.07) is 4.94. The Morgan fingerprint density at radius 1 is 1.07 bits per heavy atom. The van der Waals surface area contributed by atoms with Crippen LogP contribution in [0.25, 0.3) is 0 Å². The largest absolute Gasteiger partial charge is 0.507 e. The molecule has 5 N–H and O–H groups in total. The van der Waals surface area contributed by atoms with Gasteiger partial charge >= 0.3 is 0 Å². The summed E-state index contributed by atoms with van der Waals surface area (Å²) in [5, 5.41) is 50.9. The molecule has 0 aromatic heterocycles. The van der Waals surface area contributed by atoms with Gasteiger partial charge < -0.3 is 35.2 Å². The number of phenols is 4. The second-order valence-corrected chi connectivity index (χ2v) is 7.43. The topological polar surface area (TPSA) is 131 Å². The van der Waals surface area contributed by atoms with E-state index in [1.807, 2.05) is 6.92 Å². The molecule has 2 aromatic rings. The summed E-state index contributed by atoms with van der Waals surface area (Å²) >= 11 is 0. The van der Waals surface area contributed by atoms with Crippen LogP contribution in [0.4, 0.5) is 0 Å². The maximum Gasteiger partial charge on any atom is 0.223 e. The molecule has 2 heterocycles. The first-order valence-corrected chi connectivity index (χ1v) is 9.55. The van der Waals surface area contributed by atoms with E-state index < -0.39 is 18.2 Å². The SMILES string of the molecule is CCN1C(=O)CC[C@H]1c1c(O)cc(O)c2c1O[C@H](c1ccc(O)c(O)c1)[C@@H](O)C2. The molecular weight excluding hydrogens is 378 g/mol. The van der Waals surface area contributed by atoms with Crippen LogP contribution in [0.15, 0.2) is 24.3 Å². The van der Waals surface area contributed by atoms with Gasteiger partial charge in [0.2, 0.25) is 5.91 Å². The number of fused-ring (bicyclic) bond motifs is 1. The Kier molecular flexibility index (Phi) is 4.66. The number of benzene rings is 2. The molecule has 0 aliphatic carbocycles. The number of amides is 1. The Hall–Kier alpha value is -3.13. The number of aromatic hydroxyl groups is 4. The van der Waals surface area contributed by atoms with Gasteiger partial charge in [0.25, 0.3) is 0 Å². The van der Waals surface area contributed by atoms with Gasteiger partial charge in [-0.05, 0) is 31.0 Å². The number of hydrogen-bond donors (Lipinski definition) is 5. The smallest absolute Gasteiger partial charge is 0.223 e. The Labute approximate surface area is 167 Å². The summed E-state index contributed by atoms with van der Waals surface area (Å²) < 4.78 is 6.06. The van der Waals surface area contributed by atoms with Gasteiger partial charge in [-0.1, -0.05) is 6.07 Å². The van der Waals surface area contributed by atoms with E-state index in [4.69, 9.17) is 4.74 Å². The highest BCUT2D eigenvalue weighted by molar-refractivity contribution is 5.80. The van der Waals surface area contributed by atoms with Crippen LogP contribution in [0, 0.1) is 0 Å². The fourth-order valence-corrected chi connectivity index (χ4v) is 4.30. The number of aliphatic hydroxyl groups excluding tert-OH is 1. The molecule has 0 unspecified atom stereocenters. The van der Waals surface area contributed by atoms with E-state index in [2.05, 4.69) is 0 Å². The number of likely N-dealkylation sites (tertiary alicyclic amines) is 1. The lowest BCUT2D eigenvalue weighted by molar-refractivity contribution is -0.128. The van der Waals surface area contributed by atoms with Gasteiger partial charge in [0.05, 0.1) is 17.7 Å². The summed E-state index contributed by atoms with van der Waals surface area (Å²) in [4.78, 5) is 13.9. The van der Waals surface area contributed by atoms with Gasteiger partial charge in [-0.2, -0.15) is 0 Å². The molecule has 3 atom stereocenters. The third kappa shape index (κ3) is 3.09. The average molecular weight is 401 g/mol. The molecular formula is C21H23NO7. The summed E-state index contributed by atoms with van der Waals surface area (Å²) in [7, 11) is 0. The maximum absolute atomic E-state index is 12.2. The van der Waals surface area contributed by atoms with Crippen LogP contribution >= 0.6 is 0 Å².